The van der Waals surface area contributed by atoms with Crippen LogP contribution in [0.25, 0.3) is 0 Å². The number of rotatable bonds is 6. The van der Waals surface area contributed by atoms with Crippen molar-refractivity contribution in [2.75, 3.05) is 27.2 Å². The van der Waals surface area contributed by atoms with Gasteiger partial charge in [0.25, 0.3) is 5.91 Å². The molecule has 5 heteroatoms. The number of likely N-dealkylation sites (tertiary alicyclic amines) is 1. The van der Waals surface area contributed by atoms with Gasteiger partial charge in [0.1, 0.15) is 0 Å². The van der Waals surface area contributed by atoms with Crippen molar-refractivity contribution in [3.8, 4) is 11.5 Å². The summed E-state index contributed by atoms with van der Waals surface area (Å²) in [6, 6.07) is 6.10. The Labute approximate surface area is 126 Å². The van der Waals surface area contributed by atoms with Gasteiger partial charge >= 0.3 is 0 Å². The van der Waals surface area contributed by atoms with Gasteiger partial charge in [0, 0.05) is 26.1 Å². The van der Waals surface area contributed by atoms with Crippen LogP contribution >= 0.6 is 0 Å². The average Bonchev–Trinajstić information content (AvgIpc) is 2.80. The molecule has 2 unspecified atom stereocenters. The number of nitrogens with one attached hydrogen (secondary N) is 1. The van der Waals surface area contributed by atoms with Gasteiger partial charge in [-0.3, -0.25) is 4.79 Å². The van der Waals surface area contributed by atoms with Gasteiger partial charge in [0.15, 0.2) is 17.6 Å². The van der Waals surface area contributed by atoms with Crippen molar-refractivity contribution >= 4 is 5.91 Å². The third-order valence-electron chi connectivity index (χ3n) is 3.85. The van der Waals surface area contributed by atoms with E-state index in [-0.39, 0.29) is 11.9 Å². The molecule has 1 aromatic carbocycles. The monoisotopic (exact) mass is 292 g/mol. The molecule has 1 fully saturated rings. The van der Waals surface area contributed by atoms with Gasteiger partial charge in [0.05, 0.1) is 7.11 Å². The maximum atomic E-state index is 11.9. The predicted octanol–water partition coefficient (Wildman–Crippen LogP) is 1.98. The summed E-state index contributed by atoms with van der Waals surface area (Å²) < 4.78 is 11.2. The van der Waals surface area contributed by atoms with Crippen LogP contribution in [-0.2, 0) is 4.79 Å². The Hall–Kier alpha value is -1.75. The summed E-state index contributed by atoms with van der Waals surface area (Å²) in [5.41, 5.74) is 1.14. The smallest absolute Gasteiger partial charge is 0.263 e. The number of hydrogen-bond acceptors (Lipinski definition) is 4. The lowest BCUT2D eigenvalue weighted by Crippen LogP contribution is -2.29. The van der Waals surface area contributed by atoms with Crippen molar-refractivity contribution in [1.29, 1.82) is 0 Å². The number of carbonyl (C=O) groups excluding carboxylic acids is 1. The van der Waals surface area contributed by atoms with Crippen molar-refractivity contribution in [2.24, 2.45) is 0 Å². The minimum atomic E-state index is -0.402. The van der Waals surface area contributed by atoms with E-state index in [0.717, 1.165) is 18.7 Å². The van der Waals surface area contributed by atoms with Gasteiger partial charge < -0.3 is 19.7 Å². The van der Waals surface area contributed by atoms with Crippen molar-refractivity contribution in [3.05, 3.63) is 23.8 Å². The molecule has 1 amide bonds. The zero-order valence-corrected chi connectivity index (χ0v) is 13.2. The van der Waals surface area contributed by atoms with Crippen molar-refractivity contribution < 1.29 is 14.3 Å². The van der Waals surface area contributed by atoms with Crippen LogP contribution in [0.15, 0.2) is 18.2 Å². The third-order valence-corrected chi connectivity index (χ3v) is 3.85. The highest BCUT2D eigenvalue weighted by molar-refractivity contribution is 5.83. The number of carbonyl (C=O) groups is 1. The Morgan fingerprint density at radius 2 is 2.19 bits per heavy atom. The van der Waals surface area contributed by atoms with Crippen LogP contribution in [0, 0.1) is 0 Å². The summed E-state index contributed by atoms with van der Waals surface area (Å²) >= 11 is 0. The molecular formula is C16H24N2O3. The summed E-state index contributed by atoms with van der Waals surface area (Å²) in [6.45, 7) is 5.83. The van der Waals surface area contributed by atoms with Crippen LogP contribution in [0.4, 0.5) is 0 Å². The highest BCUT2D eigenvalue weighted by atomic mass is 16.5. The molecular weight excluding hydrogens is 268 g/mol. The molecule has 1 heterocycles. The van der Waals surface area contributed by atoms with Crippen LogP contribution in [0.3, 0.4) is 0 Å². The summed E-state index contributed by atoms with van der Waals surface area (Å²) in [4.78, 5) is 13.6. The molecule has 0 saturated carbocycles. The molecule has 2 rings (SSSR count). The second-order valence-corrected chi connectivity index (χ2v) is 5.34. The van der Waals surface area contributed by atoms with E-state index in [4.69, 9.17) is 9.47 Å². The minimum Gasteiger partial charge on any atom is -0.493 e. The van der Waals surface area contributed by atoms with Gasteiger partial charge in [-0.1, -0.05) is 13.0 Å². The number of amides is 1. The largest absolute Gasteiger partial charge is 0.493 e. The molecule has 116 valence electrons. The van der Waals surface area contributed by atoms with Crippen LogP contribution in [0.2, 0.25) is 0 Å². The van der Waals surface area contributed by atoms with Gasteiger partial charge in [-0.2, -0.15) is 0 Å². The number of likely N-dealkylation sites (N-methyl/N-ethyl adjacent to an activating group) is 1. The highest BCUT2D eigenvalue weighted by Crippen LogP contribution is 2.32. The molecule has 1 N–H and O–H groups in total. The quantitative estimate of drug-likeness (QED) is 0.871. The number of ether oxygens (including phenoxy) is 2. The van der Waals surface area contributed by atoms with Gasteiger partial charge in [0.2, 0.25) is 0 Å². The summed E-state index contributed by atoms with van der Waals surface area (Å²) in [6.07, 6.45) is 0.314. The normalized spacial score (nSPS) is 19.7. The van der Waals surface area contributed by atoms with Crippen molar-refractivity contribution in [2.45, 2.75) is 32.4 Å². The van der Waals surface area contributed by atoms with Gasteiger partial charge in [-0.05, 0) is 31.2 Å². The van der Waals surface area contributed by atoms with E-state index in [2.05, 4.69) is 19.2 Å². The minimum absolute atomic E-state index is 0.0298. The number of methoxy groups -OCH3 is 1. The molecule has 5 nitrogen and oxygen atoms in total. The number of nitrogens with zero attached hydrogens (tertiary/aromatic N) is 1. The summed E-state index contributed by atoms with van der Waals surface area (Å²) in [7, 11) is 3.41. The first-order valence-corrected chi connectivity index (χ1v) is 7.39. The van der Waals surface area contributed by atoms with E-state index in [1.807, 2.05) is 18.2 Å². The molecule has 21 heavy (non-hydrogen) atoms. The molecule has 1 aromatic rings. The SMILES string of the molecule is CCNC(C)c1ccc(OC2CCN(C)C2=O)c(OC)c1. The van der Waals surface area contributed by atoms with Crippen LogP contribution in [0.5, 0.6) is 11.5 Å². The van der Waals surface area contributed by atoms with Crippen LogP contribution < -0.4 is 14.8 Å². The topological polar surface area (TPSA) is 50.8 Å². The van der Waals surface area contributed by atoms with Gasteiger partial charge in [-0.15, -0.1) is 0 Å². The first kappa shape index (κ1) is 15.6. The molecule has 1 aliphatic rings. The van der Waals surface area contributed by atoms with E-state index in [1.165, 1.54) is 0 Å². The standard InChI is InChI=1S/C16H24N2O3/c1-5-17-11(2)12-6-7-13(15(10-12)20-4)21-14-8-9-18(3)16(14)19/h6-7,10-11,14,17H,5,8-9H2,1-4H3. The Bertz CT molecular complexity index is 504. The molecule has 0 radical (unpaired) electrons. The zero-order chi connectivity index (χ0) is 15.4. The first-order chi connectivity index (χ1) is 10.1. The van der Waals surface area contributed by atoms with E-state index in [0.29, 0.717) is 17.9 Å². The molecule has 0 spiro atoms. The molecule has 0 aliphatic carbocycles. The summed E-state index contributed by atoms with van der Waals surface area (Å²) in [5.74, 6) is 1.32. The molecule has 2 atom stereocenters. The fraction of sp³-hybridized carbons (Fsp3) is 0.562. The molecule has 0 bridgehead atoms. The zero-order valence-electron chi connectivity index (χ0n) is 13.2. The van der Waals surface area contributed by atoms with E-state index < -0.39 is 6.10 Å². The van der Waals surface area contributed by atoms with E-state index >= 15 is 0 Å². The number of benzene rings is 1. The average molecular weight is 292 g/mol. The summed E-state index contributed by atoms with van der Waals surface area (Å²) in [5, 5.41) is 3.36. The maximum Gasteiger partial charge on any atom is 0.263 e. The maximum absolute atomic E-state index is 11.9. The first-order valence-electron chi connectivity index (χ1n) is 7.39. The second kappa shape index (κ2) is 6.80. The third kappa shape index (κ3) is 3.47. The second-order valence-electron chi connectivity index (χ2n) is 5.34. The predicted molar refractivity (Wildman–Crippen MR) is 81.8 cm³/mol. The Morgan fingerprint density at radius 1 is 1.43 bits per heavy atom. The Morgan fingerprint density at radius 3 is 2.76 bits per heavy atom. The van der Waals surface area contributed by atoms with Crippen LogP contribution in [-0.4, -0.2) is 44.2 Å². The molecule has 1 aliphatic heterocycles. The van der Waals surface area contributed by atoms with E-state index in [1.54, 1.807) is 19.1 Å². The Balaban J connectivity index is 2.15. The Kier molecular flexibility index (Phi) is 5.07. The van der Waals surface area contributed by atoms with Crippen LogP contribution in [0.1, 0.15) is 31.9 Å². The highest BCUT2D eigenvalue weighted by Gasteiger charge is 2.31. The lowest BCUT2D eigenvalue weighted by Gasteiger charge is -2.18. The fourth-order valence-corrected chi connectivity index (χ4v) is 2.53. The lowest BCUT2D eigenvalue weighted by molar-refractivity contribution is -0.132. The fourth-order valence-electron chi connectivity index (χ4n) is 2.53. The number of hydrogen-bond donors (Lipinski definition) is 1. The van der Waals surface area contributed by atoms with Crippen molar-refractivity contribution in [1.82, 2.24) is 10.2 Å². The lowest BCUT2D eigenvalue weighted by atomic mass is 10.1. The molecule has 1 saturated heterocycles. The molecule has 0 aromatic heterocycles. The van der Waals surface area contributed by atoms with Crippen molar-refractivity contribution in [3.63, 3.8) is 0 Å². The van der Waals surface area contributed by atoms with E-state index in [9.17, 15) is 4.79 Å². The van der Waals surface area contributed by atoms with Gasteiger partial charge in [-0.25, -0.2) is 0 Å².